The highest BCUT2D eigenvalue weighted by Crippen LogP contribution is 2.51. The Hall–Kier alpha value is 0.0700. The second kappa shape index (κ2) is 7.56. The van der Waals surface area contributed by atoms with E-state index in [-0.39, 0.29) is 36.2 Å². The van der Waals surface area contributed by atoms with Gasteiger partial charge in [-0.3, -0.25) is 9.05 Å². The first-order valence-corrected chi connectivity index (χ1v) is 9.44. The number of aliphatic hydroxyl groups excluding tert-OH is 1. The zero-order valence-corrected chi connectivity index (χ0v) is 14.9. The van der Waals surface area contributed by atoms with Gasteiger partial charge in [0.15, 0.2) is 0 Å². The summed E-state index contributed by atoms with van der Waals surface area (Å²) >= 11 is 0. The number of aliphatic hydroxyl groups is 1. The predicted molar refractivity (Wildman–Crippen MR) is 82.8 cm³/mol. The molecule has 0 aromatic carbocycles. The number of phosphoric acid groups is 1. The predicted octanol–water partition coefficient (Wildman–Crippen LogP) is 3.45. The molecule has 126 valence electrons. The van der Waals surface area contributed by atoms with E-state index in [0.717, 1.165) is 6.42 Å². The zero-order valence-electron chi connectivity index (χ0n) is 14.0. The molecule has 1 saturated carbocycles. The van der Waals surface area contributed by atoms with Crippen molar-refractivity contribution in [2.24, 2.45) is 29.6 Å². The van der Waals surface area contributed by atoms with Crippen molar-refractivity contribution in [2.45, 2.75) is 60.2 Å². The van der Waals surface area contributed by atoms with Crippen LogP contribution in [0.15, 0.2) is 0 Å². The summed E-state index contributed by atoms with van der Waals surface area (Å²) in [6.07, 6.45) is -0.126. The van der Waals surface area contributed by atoms with Gasteiger partial charge in [-0.15, -0.1) is 0 Å². The fraction of sp³-hybridized carbons (Fsp3) is 1.00. The average Bonchev–Trinajstić information content (AvgIpc) is 2.45. The van der Waals surface area contributed by atoms with Gasteiger partial charge >= 0.3 is 7.82 Å². The minimum Gasteiger partial charge on any atom is -0.392 e. The molecule has 0 aromatic heterocycles. The van der Waals surface area contributed by atoms with Crippen molar-refractivity contribution in [3.8, 4) is 0 Å². The minimum atomic E-state index is -4.09. The molecule has 21 heavy (non-hydrogen) atoms. The van der Waals surface area contributed by atoms with Crippen LogP contribution in [0.3, 0.4) is 0 Å². The molecule has 0 amide bonds. The van der Waals surface area contributed by atoms with Crippen molar-refractivity contribution in [2.75, 3.05) is 6.61 Å². The summed E-state index contributed by atoms with van der Waals surface area (Å²) in [5.41, 5.74) is 0. The van der Waals surface area contributed by atoms with Crippen molar-refractivity contribution in [1.82, 2.24) is 0 Å². The summed E-state index contributed by atoms with van der Waals surface area (Å²) in [7, 11) is -4.09. The Morgan fingerprint density at radius 1 is 1.10 bits per heavy atom. The first-order chi connectivity index (χ1) is 9.60. The van der Waals surface area contributed by atoms with Gasteiger partial charge in [0.25, 0.3) is 0 Å². The lowest BCUT2D eigenvalue weighted by molar-refractivity contribution is -0.0980. The van der Waals surface area contributed by atoms with E-state index in [9.17, 15) is 14.6 Å². The Bertz CT molecular complexity index is 359. The summed E-state index contributed by atoms with van der Waals surface area (Å²) < 4.78 is 22.6. The normalized spacial score (nSPS) is 41.5. The van der Waals surface area contributed by atoms with Gasteiger partial charge in [0, 0.05) is 5.92 Å². The monoisotopic (exact) mass is 322 g/mol. The maximum Gasteiger partial charge on any atom is 0.472 e. The zero-order chi connectivity index (χ0) is 16.4. The van der Waals surface area contributed by atoms with Gasteiger partial charge in [-0.1, -0.05) is 48.0 Å². The lowest BCUT2D eigenvalue weighted by atomic mass is 9.67. The highest BCUT2D eigenvalue weighted by Gasteiger charge is 2.46. The van der Waals surface area contributed by atoms with Crippen LogP contribution < -0.4 is 0 Å². The lowest BCUT2D eigenvalue weighted by Crippen LogP contribution is -2.49. The molecule has 7 unspecified atom stereocenters. The van der Waals surface area contributed by atoms with E-state index in [1.54, 1.807) is 0 Å². The van der Waals surface area contributed by atoms with Crippen LogP contribution in [-0.2, 0) is 13.6 Å². The molecule has 0 aromatic rings. The van der Waals surface area contributed by atoms with Crippen LogP contribution in [0.5, 0.6) is 0 Å². The van der Waals surface area contributed by atoms with Gasteiger partial charge in [-0.25, -0.2) is 4.57 Å². The van der Waals surface area contributed by atoms with Gasteiger partial charge < -0.3 is 10.00 Å². The molecule has 1 rings (SSSR count). The summed E-state index contributed by atoms with van der Waals surface area (Å²) in [6, 6.07) is 0. The number of hydrogen-bond donors (Lipinski definition) is 2. The molecular weight excluding hydrogens is 291 g/mol. The molecule has 1 aliphatic carbocycles. The molecule has 8 atom stereocenters. The largest absolute Gasteiger partial charge is 0.472 e. The summed E-state index contributed by atoms with van der Waals surface area (Å²) in [5.74, 6) is 0.467. The highest BCUT2D eigenvalue weighted by molar-refractivity contribution is 7.47. The second-order valence-electron chi connectivity index (χ2n) is 6.77. The molecule has 0 aliphatic heterocycles. The molecular formula is C15H31O5P. The third-order valence-electron chi connectivity index (χ3n) is 5.25. The van der Waals surface area contributed by atoms with Gasteiger partial charge in [-0.05, 0) is 23.7 Å². The Balaban J connectivity index is 2.72. The first-order valence-electron chi connectivity index (χ1n) is 7.94. The quantitative estimate of drug-likeness (QED) is 0.733. The molecule has 5 nitrogen and oxygen atoms in total. The summed E-state index contributed by atoms with van der Waals surface area (Å²) in [4.78, 5) is 9.91. The number of phosphoric ester groups is 1. The van der Waals surface area contributed by atoms with Gasteiger partial charge in [-0.2, -0.15) is 0 Å². The van der Waals surface area contributed by atoms with Crippen molar-refractivity contribution in [3.63, 3.8) is 0 Å². The fourth-order valence-electron chi connectivity index (χ4n) is 2.96. The van der Waals surface area contributed by atoms with Crippen LogP contribution in [-0.4, -0.2) is 28.8 Å². The van der Waals surface area contributed by atoms with E-state index in [2.05, 4.69) is 0 Å². The van der Waals surface area contributed by atoms with Crippen LogP contribution >= 0.6 is 7.82 Å². The van der Waals surface area contributed by atoms with E-state index >= 15 is 0 Å². The molecule has 0 bridgehead atoms. The third-order valence-corrected chi connectivity index (χ3v) is 6.23. The van der Waals surface area contributed by atoms with Crippen molar-refractivity contribution < 1.29 is 23.6 Å². The molecule has 0 spiro atoms. The average molecular weight is 322 g/mol. The van der Waals surface area contributed by atoms with Gasteiger partial charge in [0.1, 0.15) is 0 Å². The molecule has 1 fully saturated rings. The summed E-state index contributed by atoms with van der Waals surface area (Å²) in [6.45, 7) is 12.1. The number of hydrogen-bond acceptors (Lipinski definition) is 4. The van der Waals surface area contributed by atoms with Crippen molar-refractivity contribution in [1.29, 1.82) is 0 Å². The van der Waals surface area contributed by atoms with Crippen LogP contribution in [0, 0.1) is 29.6 Å². The minimum absolute atomic E-state index is 0.0890. The van der Waals surface area contributed by atoms with E-state index in [4.69, 9.17) is 9.05 Å². The van der Waals surface area contributed by atoms with Crippen LogP contribution in [0.1, 0.15) is 48.0 Å². The van der Waals surface area contributed by atoms with E-state index in [1.165, 1.54) is 0 Å². The second-order valence-corrected chi connectivity index (χ2v) is 8.18. The molecule has 1 aliphatic rings. The molecule has 0 saturated heterocycles. The Labute approximate surface area is 128 Å². The van der Waals surface area contributed by atoms with E-state index in [1.807, 2.05) is 41.5 Å². The maximum absolute atomic E-state index is 12.1. The van der Waals surface area contributed by atoms with Crippen molar-refractivity contribution >= 4 is 7.82 Å². The Morgan fingerprint density at radius 2 is 1.67 bits per heavy atom. The third kappa shape index (κ3) is 4.77. The maximum atomic E-state index is 12.1. The smallest absolute Gasteiger partial charge is 0.392 e. The Kier molecular flexibility index (Phi) is 6.88. The van der Waals surface area contributed by atoms with Crippen molar-refractivity contribution in [3.05, 3.63) is 0 Å². The standard InChI is InChI=1S/C15H31O5P/c1-7-9(2)8-19-21(17,18)20-15-12(5)10(3)11(4)14(16)13(15)6/h9-16H,7-8H2,1-6H3,(H,17,18)/t9-,10?,11?,12?,13?,14?,15?/m1/s1. The Morgan fingerprint density at radius 3 is 2.19 bits per heavy atom. The first kappa shape index (κ1) is 19.1. The topological polar surface area (TPSA) is 76.0 Å². The van der Waals surface area contributed by atoms with E-state index in [0.29, 0.717) is 0 Å². The molecule has 2 N–H and O–H groups in total. The van der Waals surface area contributed by atoms with Crippen LogP contribution in [0.2, 0.25) is 0 Å². The van der Waals surface area contributed by atoms with E-state index < -0.39 is 20.0 Å². The molecule has 0 radical (unpaired) electrons. The highest BCUT2D eigenvalue weighted by atomic mass is 31.2. The lowest BCUT2D eigenvalue weighted by Gasteiger charge is -2.45. The SMILES string of the molecule is CC[C@@H](C)COP(=O)(O)OC1C(C)C(C)C(C)C(O)C1C. The summed E-state index contributed by atoms with van der Waals surface area (Å²) in [5, 5.41) is 10.3. The molecule has 6 heteroatoms. The van der Waals surface area contributed by atoms with Gasteiger partial charge in [0.05, 0.1) is 18.8 Å². The van der Waals surface area contributed by atoms with Crippen LogP contribution in [0.4, 0.5) is 0 Å². The fourth-order valence-corrected chi connectivity index (χ4v) is 4.15. The number of rotatable bonds is 6. The van der Waals surface area contributed by atoms with Gasteiger partial charge in [0.2, 0.25) is 0 Å². The van der Waals surface area contributed by atoms with Crippen LogP contribution in [0.25, 0.3) is 0 Å². The molecule has 0 heterocycles.